The van der Waals surface area contributed by atoms with Crippen LogP contribution in [0.4, 0.5) is 14.6 Å². The highest BCUT2D eigenvalue weighted by atomic mass is 19.3. The van der Waals surface area contributed by atoms with Crippen LogP contribution in [-0.4, -0.2) is 23.0 Å². The quantitative estimate of drug-likeness (QED) is 0.918. The number of nitrogens with two attached hydrogens (primary N) is 1. The molecule has 0 amide bonds. The molecule has 0 radical (unpaired) electrons. The summed E-state index contributed by atoms with van der Waals surface area (Å²) in [5.74, 6) is 1.18. The number of anilines is 1. The van der Waals surface area contributed by atoms with Crippen LogP contribution in [0.3, 0.4) is 0 Å². The summed E-state index contributed by atoms with van der Waals surface area (Å²) >= 11 is 0. The molecule has 1 aliphatic heterocycles. The van der Waals surface area contributed by atoms with E-state index in [4.69, 9.17) is 15.2 Å². The Morgan fingerprint density at radius 2 is 1.85 bits per heavy atom. The molecule has 5 nitrogen and oxygen atoms in total. The van der Waals surface area contributed by atoms with Crippen molar-refractivity contribution in [1.82, 2.24) is 9.78 Å². The fourth-order valence-corrected chi connectivity index (χ4v) is 2.12. The van der Waals surface area contributed by atoms with Gasteiger partial charge in [0.15, 0.2) is 11.5 Å². The summed E-state index contributed by atoms with van der Waals surface area (Å²) in [6.07, 6.45) is -2.64. The first kappa shape index (κ1) is 12.7. The minimum absolute atomic E-state index is 0.146. The highest BCUT2D eigenvalue weighted by Gasteiger charge is 2.23. The first-order valence-electron chi connectivity index (χ1n) is 6.08. The van der Waals surface area contributed by atoms with Crippen LogP contribution in [0.25, 0.3) is 11.3 Å². The van der Waals surface area contributed by atoms with E-state index in [0.29, 0.717) is 41.8 Å². The van der Waals surface area contributed by atoms with Gasteiger partial charge in [0.1, 0.15) is 19.0 Å². The summed E-state index contributed by atoms with van der Waals surface area (Å²) in [7, 11) is 1.65. The molecule has 2 aromatic rings. The lowest BCUT2D eigenvalue weighted by atomic mass is 10.0. The van der Waals surface area contributed by atoms with E-state index in [1.54, 1.807) is 13.1 Å². The van der Waals surface area contributed by atoms with Crippen molar-refractivity contribution < 1.29 is 18.3 Å². The van der Waals surface area contributed by atoms with Crippen molar-refractivity contribution in [2.75, 3.05) is 18.9 Å². The molecule has 0 aliphatic carbocycles. The molecule has 0 bridgehead atoms. The Hall–Kier alpha value is -2.31. The normalized spacial score (nSPS) is 13.8. The highest BCUT2D eigenvalue weighted by Crippen LogP contribution is 2.41. The number of benzene rings is 1. The Morgan fingerprint density at radius 3 is 2.40 bits per heavy atom. The first-order chi connectivity index (χ1) is 9.56. The van der Waals surface area contributed by atoms with Crippen molar-refractivity contribution >= 4 is 5.82 Å². The number of alkyl halides is 2. The number of hydrogen-bond acceptors (Lipinski definition) is 4. The highest BCUT2D eigenvalue weighted by molar-refractivity contribution is 5.70. The van der Waals surface area contributed by atoms with Crippen LogP contribution in [0.5, 0.6) is 11.5 Å². The van der Waals surface area contributed by atoms with Gasteiger partial charge in [-0.3, -0.25) is 4.68 Å². The van der Waals surface area contributed by atoms with Gasteiger partial charge in [-0.05, 0) is 12.1 Å². The van der Waals surface area contributed by atoms with Gasteiger partial charge in [0.05, 0.1) is 5.69 Å². The monoisotopic (exact) mass is 281 g/mol. The van der Waals surface area contributed by atoms with Crippen LogP contribution in [-0.2, 0) is 7.05 Å². The molecule has 1 aromatic carbocycles. The Balaban J connectivity index is 2.17. The lowest BCUT2D eigenvalue weighted by molar-refractivity contribution is 0.147. The number of fused-ring (bicyclic) bond motifs is 1. The third kappa shape index (κ3) is 2.04. The molecule has 1 aliphatic rings. The SMILES string of the molecule is Cn1nc(-c2cc3c(cc2C(F)F)OCCO3)cc1N. The number of nitrogens with zero attached hydrogens (tertiary/aromatic N) is 2. The fraction of sp³-hybridized carbons (Fsp3) is 0.308. The smallest absolute Gasteiger partial charge is 0.264 e. The van der Waals surface area contributed by atoms with Crippen molar-refractivity contribution in [2.24, 2.45) is 7.05 Å². The molecule has 3 rings (SSSR count). The predicted molar refractivity (Wildman–Crippen MR) is 69.0 cm³/mol. The summed E-state index contributed by atoms with van der Waals surface area (Å²) in [4.78, 5) is 0. The summed E-state index contributed by atoms with van der Waals surface area (Å²) < 4.78 is 38.6. The van der Waals surface area contributed by atoms with Crippen LogP contribution >= 0.6 is 0 Å². The van der Waals surface area contributed by atoms with Crippen molar-refractivity contribution in [3.8, 4) is 22.8 Å². The van der Waals surface area contributed by atoms with Crippen LogP contribution < -0.4 is 15.2 Å². The second kappa shape index (κ2) is 4.66. The number of nitrogen functional groups attached to an aromatic ring is 1. The summed E-state index contributed by atoms with van der Waals surface area (Å²) in [6, 6.07) is 4.38. The second-order valence-corrected chi connectivity index (χ2v) is 4.46. The average molecular weight is 281 g/mol. The molecule has 7 heteroatoms. The molecular weight excluding hydrogens is 268 g/mol. The topological polar surface area (TPSA) is 62.3 Å². The molecule has 0 fully saturated rings. The lowest BCUT2D eigenvalue weighted by Gasteiger charge is -2.20. The maximum atomic E-state index is 13.2. The number of rotatable bonds is 2. The van der Waals surface area contributed by atoms with E-state index in [1.165, 1.54) is 16.8 Å². The van der Waals surface area contributed by atoms with E-state index in [9.17, 15) is 8.78 Å². The van der Waals surface area contributed by atoms with Crippen LogP contribution in [0.15, 0.2) is 18.2 Å². The molecule has 0 atom stereocenters. The third-order valence-corrected chi connectivity index (χ3v) is 3.14. The van der Waals surface area contributed by atoms with E-state index < -0.39 is 6.43 Å². The molecule has 1 aromatic heterocycles. The van der Waals surface area contributed by atoms with Crippen molar-refractivity contribution in [2.45, 2.75) is 6.43 Å². The van der Waals surface area contributed by atoms with Crippen LogP contribution in [0, 0.1) is 0 Å². The van der Waals surface area contributed by atoms with E-state index in [-0.39, 0.29) is 5.56 Å². The van der Waals surface area contributed by atoms with Gasteiger partial charge >= 0.3 is 0 Å². The molecular formula is C13H13F2N3O2. The molecule has 0 spiro atoms. The van der Waals surface area contributed by atoms with Gasteiger partial charge < -0.3 is 15.2 Å². The van der Waals surface area contributed by atoms with Gasteiger partial charge in [0.25, 0.3) is 6.43 Å². The summed E-state index contributed by atoms with van der Waals surface area (Å²) in [5.41, 5.74) is 6.24. The van der Waals surface area contributed by atoms with Crippen LogP contribution in [0.1, 0.15) is 12.0 Å². The number of ether oxygens (including phenoxy) is 2. The van der Waals surface area contributed by atoms with E-state index >= 15 is 0 Å². The molecule has 106 valence electrons. The minimum Gasteiger partial charge on any atom is -0.486 e. The average Bonchev–Trinajstić information content (AvgIpc) is 2.77. The fourth-order valence-electron chi connectivity index (χ4n) is 2.12. The van der Waals surface area contributed by atoms with Crippen molar-refractivity contribution in [3.05, 3.63) is 23.8 Å². The zero-order valence-electron chi connectivity index (χ0n) is 10.8. The zero-order valence-corrected chi connectivity index (χ0v) is 10.8. The first-order valence-corrected chi connectivity index (χ1v) is 6.08. The lowest BCUT2D eigenvalue weighted by Crippen LogP contribution is -2.15. The van der Waals surface area contributed by atoms with Crippen molar-refractivity contribution in [3.63, 3.8) is 0 Å². The Bertz CT molecular complexity index is 636. The molecule has 2 N–H and O–H groups in total. The number of aryl methyl sites for hydroxylation is 1. The summed E-state index contributed by atoms with van der Waals surface area (Å²) in [6.45, 7) is 0.746. The number of hydrogen-bond donors (Lipinski definition) is 1. The number of halogens is 2. The van der Waals surface area contributed by atoms with Gasteiger partial charge in [-0.15, -0.1) is 0 Å². The van der Waals surface area contributed by atoms with E-state index in [1.807, 2.05) is 0 Å². The van der Waals surface area contributed by atoms with Gasteiger partial charge in [-0.1, -0.05) is 0 Å². The van der Waals surface area contributed by atoms with Gasteiger partial charge in [0, 0.05) is 24.2 Å². The zero-order chi connectivity index (χ0) is 14.3. The number of aromatic nitrogens is 2. The summed E-state index contributed by atoms with van der Waals surface area (Å²) in [5, 5.41) is 4.13. The molecule has 0 saturated carbocycles. The molecule has 0 unspecified atom stereocenters. The standard InChI is InChI=1S/C13H13F2N3O2/c1-18-12(16)6-9(17-18)7-4-10-11(20-3-2-19-10)5-8(7)13(14)15/h4-6,13H,2-3,16H2,1H3. The maximum absolute atomic E-state index is 13.2. The molecule has 2 heterocycles. The van der Waals surface area contributed by atoms with Gasteiger partial charge in [-0.25, -0.2) is 8.78 Å². The maximum Gasteiger partial charge on any atom is 0.264 e. The van der Waals surface area contributed by atoms with E-state index in [0.717, 1.165) is 0 Å². The van der Waals surface area contributed by atoms with E-state index in [2.05, 4.69) is 5.10 Å². The Morgan fingerprint density at radius 1 is 1.20 bits per heavy atom. The Kier molecular flexibility index (Phi) is 2.96. The van der Waals surface area contributed by atoms with Crippen LogP contribution in [0.2, 0.25) is 0 Å². The Labute approximate surface area is 113 Å². The van der Waals surface area contributed by atoms with Gasteiger partial charge in [0.2, 0.25) is 0 Å². The minimum atomic E-state index is -2.64. The molecule has 0 saturated heterocycles. The second-order valence-electron chi connectivity index (χ2n) is 4.46. The predicted octanol–water partition coefficient (Wildman–Crippen LogP) is 2.38. The van der Waals surface area contributed by atoms with Crippen molar-refractivity contribution in [1.29, 1.82) is 0 Å². The third-order valence-electron chi connectivity index (χ3n) is 3.14. The largest absolute Gasteiger partial charge is 0.486 e. The molecule has 20 heavy (non-hydrogen) atoms. The van der Waals surface area contributed by atoms with Gasteiger partial charge in [-0.2, -0.15) is 5.10 Å².